The minimum atomic E-state index is -0.515. The summed E-state index contributed by atoms with van der Waals surface area (Å²) in [6.07, 6.45) is 2.30. The van der Waals surface area contributed by atoms with Gasteiger partial charge in [0.25, 0.3) is 5.91 Å². The molecule has 1 aliphatic rings. The van der Waals surface area contributed by atoms with Crippen molar-refractivity contribution < 1.29 is 4.79 Å². The van der Waals surface area contributed by atoms with Crippen LogP contribution in [0.15, 0.2) is 6.07 Å². The third kappa shape index (κ3) is 3.35. The summed E-state index contributed by atoms with van der Waals surface area (Å²) in [6.45, 7) is 6.22. The van der Waals surface area contributed by atoms with Gasteiger partial charge >= 0.3 is 0 Å². The van der Waals surface area contributed by atoms with Crippen LogP contribution in [0.2, 0.25) is 5.15 Å². The van der Waals surface area contributed by atoms with Crippen LogP contribution in [0.3, 0.4) is 0 Å². The molecule has 6 heteroatoms. The van der Waals surface area contributed by atoms with Crippen LogP contribution in [0.25, 0.3) is 0 Å². The highest BCUT2D eigenvalue weighted by Crippen LogP contribution is 2.28. The third-order valence-corrected chi connectivity index (χ3v) is 3.58. The van der Waals surface area contributed by atoms with Crippen LogP contribution in [0.5, 0.6) is 0 Å². The molecule has 0 radical (unpaired) electrons. The molecule has 0 saturated carbocycles. The molecular weight excluding hydrogens is 264 g/mol. The molecule has 2 heterocycles. The van der Waals surface area contributed by atoms with Crippen molar-refractivity contribution in [3.05, 3.63) is 16.8 Å². The molecule has 1 fully saturated rings. The smallest absolute Gasteiger partial charge is 0.252 e. The maximum Gasteiger partial charge on any atom is 0.252 e. The number of carbonyl (C=O) groups is 1. The highest BCUT2D eigenvalue weighted by molar-refractivity contribution is 6.29. The Morgan fingerprint density at radius 3 is 2.95 bits per heavy atom. The second-order valence-corrected chi connectivity index (χ2v) is 5.89. The van der Waals surface area contributed by atoms with Gasteiger partial charge in [-0.15, -0.1) is 10.2 Å². The van der Waals surface area contributed by atoms with E-state index < -0.39 is 5.91 Å². The minimum absolute atomic E-state index is 0.190. The van der Waals surface area contributed by atoms with Crippen molar-refractivity contribution in [1.82, 2.24) is 10.2 Å². The number of hydrogen-bond acceptors (Lipinski definition) is 4. The van der Waals surface area contributed by atoms with Crippen molar-refractivity contribution in [3.63, 3.8) is 0 Å². The summed E-state index contributed by atoms with van der Waals surface area (Å²) in [7, 11) is 0. The Labute approximate surface area is 118 Å². The van der Waals surface area contributed by atoms with Crippen molar-refractivity contribution >= 4 is 23.3 Å². The second kappa shape index (κ2) is 5.74. The van der Waals surface area contributed by atoms with Crippen LogP contribution < -0.4 is 10.6 Å². The topological polar surface area (TPSA) is 72.1 Å². The van der Waals surface area contributed by atoms with Gasteiger partial charge < -0.3 is 10.6 Å². The molecule has 2 rings (SSSR count). The van der Waals surface area contributed by atoms with E-state index in [1.165, 1.54) is 12.5 Å². The van der Waals surface area contributed by atoms with Gasteiger partial charge in [-0.05, 0) is 30.7 Å². The Hall–Kier alpha value is -1.36. The number of anilines is 1. The predicted octanol–water partition coefficient (Wildman–Crippen LogP) is 2.10. The molecule has 5 nitrogen and oxygen atoms in total. The van der Waals surface area contributed by atoms with Crippen molar-refractivity contribution in [2.45, 2.75) is 26.7 Å². The van der Waals surface area contributed by atoms with Crippen molar-refractivity contribution in [3.8, 4) is 0 Å². The molecular formula is C13H19ClN4O. The molecule has 2 N–H and O–H groups in total. The molecule has 0 spiro atoms. The maximum absolute atomic E-state index is 11.5. The lowest BCUT2D eigenvalue weighted by molar-refractivity contribution is 0.100. The van der Waals surface area contributed by atoms with Gasteiger partial charge in [-0.3, -0.25) is 4.79 Å². The molecule has 0 aromatic carbocycles. The zero-order valence-corrected chi connectivity index (χ0v) is 12.0. The lowest BCUT2D eigenvalue weighted by Gasteiger charge is -2.19. The summed E-state index contributed by atoms with van der Waals surface area (Å²) >= 11 is 5.77. The number of rotatable bonds is 4. The fraction of sp³-hybridized carbons (Fsp3) is 0.615. The van der Waals surface area contributed by atoms with Gasteiger partial charge in [0, 0.05) is 13.1 Å². The quantitative estimate of drug-likeness (QED) is 0.918. The molecule has 1 atom stereocenters. The molecule has 1 amide bonds. The lowest BCUT2D eigenvalue weighted by Crippen LogP contribution is -2.26. The monoisotopic (exact) mass is 282 g/mol. The van der Waals surface area contributed by atoms with Gasteiger partial charge in [-0.1, -0.05) is 25.4 Å². The van der Waals surface area contributed by atoms with Crippen LogP contribution in [0.1, 0.15) is 37.0 Å². The van der Waals surface area contributed by atoms with Gasteiger partial charge in [-0.2, -0.15) is 0 Å². The number of aromatic nitrogens is 2. The van der Waals surface area contributed by atoms with E-state index in [0.717, 1.165) is 19.5 Å². The van der Waals surface area contributed by atoms with Crippen LogP contribution in [-0.4, -0.2) is 29.2 Å². The van der Waals surface area contributed by atoms with Gasteiger partial charge in [-0.25, -0.2) is 0 Å². The van der Waals surface area contributed by atoms with E-state index in [1.807, 2.05) is 0 Å². The SMILES string of the molecule is CC(C)CC1CCN(c2nnc(Cl)cc2C(N)=O)C1. The Morgan fingerprint density at radius 1 is 1.58 bits per heavy atom. The highest BCUT2D eigenvalue weighted by Gasteiger charge is 2.27. The average Bonchev–Trinajstić information content (AvgIpc) is 2.76. The Balaban J connectivity index is 2.17. The largest absolute Gasteiger partial charge is 0.365 e. The van der Waals surface area contributed by atoms with Crippen LogP contribution in [0.4, 0.5) is 5.82 Å². The van der Waals surface area contributed by atoms with Crippen LogP contribution in [-0.2, 0) is 0 Å². The highest BCUT2D eigenvalue weighted by atomic mass is 35.5. The van der Waals surface area contributed by atoms with E-state index in [1.54, 1.807) is 0 Å². The first-order valence-corrected chi connectivity index (χ1v) is 6.93. The minimum Gasteiger partial charge on any atom is -0.365 e. The normalized spacial score (nSPS) is 19.2. The summed E-state index contributed by atoms with van der Waals surface area (Å²) in [5.41, 5.74) is 5.73. The van der Waals surface area contributed by atoms with Gasteiger partial charge in [0.1, 0.15) is 0 Å². The maximum atomic E-state index is 11.5. The van der Waals surface area contributed by atoms with Crippen molar-refractivity contribution in [1.29, 1.82) is 0 Å². The molecule has 1 aromatic heterocycles. The number of carbonyl (C=O) groups excluding carboxylic acids is 1. The summed E-state index contributed by atoms with van der Waals surface area (Å²) in [5, 5.41) is 8.05. The van der Waals surface area contributed by atoms with Crippen molar-refractivity contribution in [2.24, 2.45) is 17.6 Å². The molecule has 0 aliphatic carbocycles. The summed E-state index contributed by atoms with van der Waals surface area (Å²) in [4.78, 5) is 13.5. The fourth-order valence-corrected chi connectivity index (χ4v) is 2.81. The second-order valence-electron chi connectivity index (χ2n) is 5.50. The average molecular weight is 283 g/mol. The molecule has 1 aliphatic heterocycles. The molecule has 19 heavy (non-hydrogen) atoms. The predicted molar refractivity (Wildman–Crippen MR) is 75.3 cm³/mol. The number of nitrogens with zero attached hydrogens (tertiary/aromatic N) is 3. The lowest BCUT2D eigenvalue weighted by atomic mass is 9.97. The van der Waals surface area contributed by atoms with E-state index in [4.69, 9.17) is 17.3 Å². The molecule has 1 unspecified atom stereocenters. The Morgan fingerprint density at radius 2 is 2.32 bits per heavy atom. The summed E-state index contributed by atoms with van der Waals surface area (Å²) < 4.78 is 0. The number of hydrogen-bond donors (Lipinski definition) is 1. The number of amides is 1. The standard InChI is InChI=1S/C13H19ClN4O/c1-8(2)5-9-3-4-18(7-9)13-10(12(15)19)6-11(14)16-17-13/h6,8-9H,3-5,7H2,1-2H3,(H2,15,19). The van der Waals surface area contributed by atoms with E-state index >= 15 is 0 Å². The van der Waals surface area contributed by atoms with E-state index in [9.17, 15) is 4.79 Å². The molecule has 1 saturated heterocycles. The fourth-order valence-electron chi connectivity index (χ4n) is 2.66. The summed E-state index contributed by atoms with van der Waals surface area (Å²) in [6, 6.07) is 1.49. The zero-order valence-electron chi connectivity index (χ0n) is 11.3. The first kappa shape index (κ1) is 14.1. The van der Waals surface area contributed by atoms with E-state index in [2.05, 4.69) is 28.9 Å². The molecule has 0 bridgehead atoms. The molecule has 104 valence electrons. The third-order valence-electron chi connectivity index (χ3n) is 3.40. The zero-order chi connectivity index (χ0) is 14.0. The Bertz CT molecular complexity index is 478. The number of nitrogens with two attached hydrogens (primary N) is 1. The molecule has 1 aromatic rings. The first-order valence-electron chi connectivity index (χ1n) is 6.55. The van der Waals surface area contributed by atoms with Crippen LogP contribution >= 0.6 is 11.6 Å². The van der Waals surface area contributed by atoms with E-state index in [-0.39, 0.29) is 5.15 Å². The van der Waals surface area contributed by atoms with E-state index in [0.29, 0.717) is 23.2 Å². The number of halogens is 1. The number of primary amides is 1. The van der Waals surface area contributed by atoms with Gasteiger partial charge in [0.15, 0.2) is 11.0 Å². The summed E-state index contributed by atoms with van der Waals surface area (Å²) in [5.74, 6) is 1.36. The van der Waals surface area contributed by atoms with Crippen LogP contribution in [0, 0.1) is 11.8 Å². The Kier molecular flexibility index (Phi) is 4.24. The van der Waals surface area contributed by atoms with Gasteiger partial charge in [0.05, 0.1) is 5.56 Å². The van der Waals surface area contributed by atoms with Gasteiger partial charge in [0.2, 0.25) is 0 Å². The van der Waals surface area contributed by atoms with Crippen molar-refractivity contribution in [2.75, 3.05) is 18.0 Å². The first-order chi connectivity index (χ1) is 8.97.